The van der Waals surface area contributed by atoms with Gasteiger partial charge in [0.25, 0.3) is 5.69 Å². The number of benzene rings is 2. The van der Waals surface area contributed by atoms with Crippen LogP contribution < -0.4 is 0 Å². The van der Waals surface area contributed by atoms with Crippen molar-refractivity contribution < 1.29 is 4.92 Å². The SMILES string of the molecule is O=[N+]([O-])c1ccc(C(Cn2ccnc2)SCc2ccc(Cl)cc2Cl)cc1. The number of thioether (sulfide) groups is 1. The summed E-state index contributed by atoms with van der Waals surface area (Å²) < 4.78 is 1.99. The van der Waals surface area contributed by atoms with Gasteiger partial charge in [-0.05, 0) is 23.3 Å². The average Bonchev–Trinajstić information content (AvgIpc) is 3.13. The Bertz CT molecular complexity index is 886. The summed E-state index contributed by atoms with van der Waals surface area (Å²) in [5.41, 5.74) is 2.10. The summed E-state index contributed by atoms with van der Waals surface area (Å²) in [5, 5.41) is 12.2. The van der Waals surface area contributed by atoms with Gasteiger partial charge in [-0.25, -0.2) is 4.98 Å². The third-order valence-corrected chi connectivity index (χ3v) is 5.75. The normalized spacial score (nSPS) is 12.1. The monoisotopic (exact) mass is 407 g/mol. The van der Waals surface area contributed by atoms with Gasteiger partial charge in [-0.3, -0.25) is 10.1 Å². The fourth-order valence-corrected chi connectivity index (χ4v) is 4.29. The van der Waals surface area contributed by atoms with E-state index in [4.69, 9.17) is 23.2 Å². The van der Waals surface area contributed by atoms with Crippen molar-refractivity contribution in [3.05, 3.63) is 92.5 Å². The highest BCUT2D eigenvalue weighted by Gasteiger charge is 2.16. The minimum atomic E-state index is -0.394. The molecule has 0 aliphatic heterocycles. The smallest absolute Gasteiger partial charge is 0.269 e. The molecule has 0 fully saturated rings. The molecule has 1 unspecified atom stereocenters. The fraction of sp³-hybridized carbons (Fsp3) is 0.167. The molecule has 1 aromatic heterocycles. The summed E-state index contributed by atoms with van der Waals surface area (Å²) in [5.74, 6) is 0.701. The van der Waals surface area contributed by atoms with Crippen molar-refractivity contribution in [2.24, 2.45) is 0 Å². The molecule has 3 rings (SSSR count). The van der Waals surface area contributed by atoms with Crippen LogP contribution in [-0.4, -0.2) is 14.5 Å². The van der Waals surface area contributed by atoms with Crippen LogP contribution in [0.2, 0.25) is 10.0 Å². The summed E-state index contributed by atoms with van der Waals surface area (Å²) >= 11 is 13.9. The third kappa shape index (κ3) is 4.78. The third-order valence-electron chi connectivity index (χ3n) is 3.87. The lowest BCUT2D eigenvalue weighted by atomic mass is 10.1. The molecule has 1 atom stereocenters. The van der Waals surface area contributed by atoms with Crippen molar-refractivity contribution in [2.45, 2.75) is 17.5 Å². The standard InChI is InChI=1S/C18H15Cl2N3O2S/c19-15-4-1-14(17(20)9-15)11-26-18(10-22-8-7-21-12-22)13-2-5-16(6-3-13)23(24)25/h1-9,12,18H,10-11H2. The first-order valence-corrected chi connectivity index (χ1v) is 9.59. The van der Waals surface area contributed by atoms with E-state index in [-0.39, 0.29) is 10.9 Å². The van der Waals surface area contributed by atoms with Crippen LogP contribution in [0, 0.1) is 10.1 Å². The van der Waals surface area contributed by atoms with E-state index in [1.807, 2.05) is 22.9 Å². The van der Waals surface area contributed by atoms with E-state index in [1.165, 1.54) is 12.1 Å². The van der Waals surface area contributed by atoms with E-state index < -0.39 is 4.92 Å². The van der Waals surface area contributed by atoms with Crippen LogP contribution >= 0.6 is 35.0 Å². The van der Waals surface area contributed by atoms with Gasteiger partial charge in [0.1, 0.15) is 0 Å². The molecule has 3 aromatic rings. The van der Waals surface area contributed by atoms with E-state index in [0.29, 0.717) is 22.3 Å². The van der Waals surface area contributed by atoms with E-state index in [2.05, 4.69) is 4.98 Å². The predicted molar refractivity (Wildman–Crippen MR) is 106 cm³/mol. The second kappa shape index (κ2) is 8.58. The lowest BCUT2D eigenvalue weighted by Gasteiger charge is -2.18. The van der Waals surface area contributed by atoms with E-state index in [9.17, 15) is 10.1 Å². The number of non-ortho nitro benzene ring substituents is 1. The van der Waals surface area contributed by atoms with Gasteiger partial charge in [0.15, 0.2) is 0 Å². The molecule has 8 heteroatoms. The van der Waals surface area contributed by atoms with Crippen molar-refractivity contribution in [2.75, 3.05) is 0 Å². The Hall–Kier alpha value is -2.02. The quantitative estimate of drug-likeness (QED) is 0.368. The fourth-order valence-electron chi connectivity index (χ4n) is 2.48. The molecule has 26 heavy (non-hydrogen) atoms. The minimum absolute atomic E-state index is 0.0841. The van der Waals surface area contributed by atoms with E-state index in [0.717, 1.165) is 11.1 Å². The van der Waals surface area contributed by atoms with Gasteiger partial charge in [-0.15, -0.1) is 11.8 Å². The number of halogens is 2. The number of hydrogen-bond acceptors (Lipinski definition) is 4. The number of hydrogen-bond donors (Lipinski definition) is 0. The van der Waals surface area contributed by atoms with Gasteiger partial charge in [-0.2, -0.15) is 0 Å². The molecule has 0 amide bonds. The largest absolute Gasteiger partial charge is 0.336 e. The zero-order chi connectivity index (χ0) is 18.5. The molecule has 2 aromatic carbocycles. The van der Waals surface area contributed by atoms with Gasteiger partial charge < -0.3 is 4.57 Å². The molecule has 0 bridgehead atoms. The number of rotatable bonds is 7. The van der Waals surface area contributed by atoms with Crippen molar-refractivity contribution in [3.63, 3.8) is 0 Å². The Kier molecular flexibility index (Phi) is 6.19. The predicted octanol–water partition coefficient (Wildman–Crippen LogP) is 5.77. The molecule has 0 radical (unpaired) electrons. The lowest BCUT2D eigenvalue weighted by Crippen LogP contribution is -2.05. The van der Waals surface area contributed by atoms with Gasteiger partial charge in [-0.1, -0.05) is 41.4 Å². The zero-order valence-corrected chi connectivity index (χ0v) is 15.9. The number of aromatic nitrogens is 2. The molecular weight excluding hydrogens is 393 g/mol. The second-order valence-electron chi connectivity index (χ2n) is 5.64. The summed E-state index contributed by atoms with van der Waals surface area (Å²) in [6.07, 6.45) is 5.38. The molecular formula is C18H15Cl2N3O2S. The molecule has 134 valence electrons. The lowest BCUT2D eigenvalue weighted by molar-refractivity contribution is -0.384. The number of imidazole rings is 1. The second-order valence-corrected chi connectivity index (χ2v) is 7.68. The Morgan fingerprint density at radius 3 is 2.58 bits per heavy atom. The van der Waals surface area contributed by atoms with Gasteiger partial charge in [0.05, 0.1) is 11.3 Å². The molecule has 0 saturated heterocycles. The highest BCUT2D eigenvalue weighted by atomic mass is 35.5. The maximum Gasteiger partial charge on any atom is 0.269 e. The maximum atomic E-state index is 10.9. The Balaban J connectivity index is 1.79. The first-order valence-electron chi connectivity index (χ1n) is 7.78. The number of nitrogens with zero attached hydrogens (tertiary/aromatic N) is 3. The van der Waals surface area contributed by atoms with Crippen molar-refractivity contribution in [1.29, 1.82) is 0 Å². The van der Waals surface area contributed by atoms with Crippen LogP contribution in [0.5, 0.6) is 0 Å². The summed E-state index contributed by atoms with van der Waals surface area (Å²) in [6, 6.07) is 12.1. The van der Waals surface area contributed by atoms with Crippen LogP contribution in [0.25, 0.3) is 0 Å². The van der Waals surface area contributed by atoms with Crippen molar-refractivity contribution in [3.8, 4) is 0 Å². The maximum absolute atomic E-state index is 10.9. The van der Waals surface area contributed by atoms with Crippen LogP contribution in [0.4, 0.5) is 5.69 Å². The highest BCUT2D eigenvalue weighted by molar-refractivity contribution is 7.98. The van der Waals surface area contributed by atoms with Gasteiger partial charge >= 0.3 is 0 Å². The molecule has 0 spiro atoms. The summed E-state index contributed by atoms with van der Waals surface area (Å²) in [4.78, 5) is 14.6. The van der Waals surface area contributed by atoms with E-state index in [1.54, 1.807) is 42.5 Å². The Labute approximate surface area is 165 Å². The van der Waals surface area contributed by atoms with Gasteiger partial charge in [0.2, 0.25) is 0 Å². The Morgan fingerprint density at radius 1 is 1.19 bits per heavy atom. The van der Waals surface area contributed by atoms with Crippen LogP contribution in [-0.2, 0) is 12.3 Å². The van der Waals surface area contributed by atoms with Crippen LogP contribution in [0.15, 0.2) is 61.2 Å². The summed E-state index contributed by atoms with van der Waals surface area (Å²) in [7, 11) is 0. The van der Waals surface area contributed by atoms with Crippen LogP contribution in [0.3, 0.4) is 0 Å². The van der Waals surface area contributed by atoms with E-state index >= 15 is 0 Å². The first-order chi connectivity index (χ1) is 12.5. The summed E-state index contributed by atoms with van der Waals surface area (Å²) in [6.45, 7) is 0.702. The molecule has 0 aliphatic rings. The first kappa shape index (κ1) is 18.8. The van der Waals surface area contributed by atoms with Crippen molar-refractivity contribution in [1.82, 2.24) is 9.55 Å². The highest BCUT2D eigenvalue weighted by Crippen LogP contribution is 2.36. The number of nitro benzene ring substituents is 1. The molecule has 0 N–H and O–H groups in total. The Morgan fingerprint density at radius 2 is 1.96 bits per heavy atom. The molecule has 5 nitrogen and oxygen atoms in total. The molecule has 0 saturated carbocycles. The van der Waals surface area contributed by atoms with Gasteiger partial charge in [0, 0.05) is 52.1 Å². The minimum Gasteiger partial charge on any atom is -0.336 e. The molecule has 1 heterocycles. The number of nitro groups is 1. The molecule has 0 aliphatic carbocycles. The van der Waals surface area contributed by atoms with Crippen LogP contribution in [0.1, 0.15) is 16.4 Å². The zero-order valence-electron chi connectivity index (χ0n) is 13.6. The average molecular weight is 408 g/mol. The van der Waals surface area contributed by atoms with Crippen molar-refractivity contribution >= 4 is 40.7 Å². The topological polar surface area (TPSA) is 61.0 Å².